The second-order valence-corrected chi connectivity index (χ2v) is 3.73. The van der Waals surface area contributed by atoms with Crippen LogP contribution < -0.4 is 10.2 Å². The molecule has 4 heteroatoms. The second kappa shape index (κ2) is 4.49. The normalized spacial score (nSPS) is 16.7. The highest BCUT2D eigenvalue weighted by molar-refractivity contribution is 5.44. The van der Waals surface area contributed by atoms with Crippen LogP contribution in [-0.4, -0.2) is 36.3 Å². The zero-order valence-corrected chi connectivity index (χ0v) is 9.03. The van der Waals surface area contributed by atoms with Crippen LogP contribution in [0.3, 0.4) is 0 Å². The first-order valence-corrected chi connectivity index (χ1v) is 5.46. The van der Waals surface area contributed by atoms with Crippen LogP contribution >= 0.6 is 0 Å². The number of nitrogens with zero attached hydrogens (tertiary/aromatic N) is 2. The lowest BCUT2D eigenvalue weighted by Crippen LogP contribution is -2.43. The molecule has 1 aromatic heterocycles. The third-order valence-electron chi connectivity index (χ3n) is 2.71. The van der Waals surface area contributed by atoms with Crippen LogP contribution in [0, 0.1) is 0 Å². The van der Waals surface area contributed by atoms with E-state index >= 15 is 0 Å². The topological polar surface area (TPSA) is 48.4 Å². The van der Waals surface area contributed by atoms with E-state index in [1.54, 1.807) is 6.07 Å². The Morgan fingerprint density at radius 2 is 2.13 bits per heavy atom. The van der Waals surface area contributed by atoms with Crippen molar-refractivity contribution in [1.82, 2.24) is 10.3 Å². The third-order valence-corrected chi connectivity index (χ3v) is 2.71. The van der Waals surface area contributed by atoms with E-state index in [1.165, 1.54) is 0 Å². The average Bonchev–Trinajstić information content (AvgIpc) is 2.31. The van der Waals surface area contributed by atoms with Crippen molar-refractivity contribution < 1.29 is 5.11 Å². The van der Waals surface area contributed by atoms with Crippen molar-refractivity contribution in [1.29, 1.82) is 0 Å². The molecule has 2 heterocycles. The monoisotopic (exact) mass is 207 g/mol. The molecule has 2 N–H and O–H groups in total. The molecule has 0 unspecified atom stereocenters. The van der Waals surface area contributed by atoms with Gasteiger partial charge in [0.1, 0.15) is 11.6 Å². The molecule has 1 aromatic rings. The predicted molar refractivity (Wildman–Crippen MR) is 60.4 cm³/mol. The van der Waals surface area contributed by atoms with Crippen molar-refractivity contribution in [3.05, 3.63) is 17.8 Å². The molecule has 0 aliphatic carbocycles. The van der Waals surface area contributed by atoms with Crippen molar-refractivity contribution in [2.75, 3.05) is 31.1 Å². The van der Waals surface area contributed by atoms with E-state index in [0.29, 0.717) is 5.75 Å². The summed E-state index contributed by atoms with van der Waals surface area (Å²) in [6.45, 7) is 5.99. The predicted octanol–water partition coefficient (Wildman–Crippen LogP) is 0.759. The van der Waals surface area contributed by atoms with E-state index in [-0.39, 0.29) is 0 Å². The average molecular weight is 207 g/mol. The standard InChI is InChI=1S/C11H17N3O/c1-2-9-10(15)3-4-11(13-9)14-7-5-12-6-8-14/h3-4,12,15H,2,5-8H2,1H3. The number of hydrogen-bond donors (Lipinski definition) is 2. The quantitative estimate of drug-likeness (QED) is 0.751. The molecule has 82 valence electrons. The summed E-state index contributed by atoms with van der Waals surface area (Å²) in [6, 6.07) is 3.63. The molecule has 0 saturated carbocycles. The lowest BCUT2D eigenvalue weighted by atomic mass is 10.2. The highest BCUT2D eigenvalue weighted by Crippen LogP contribution is 2.20. The molecule has 1 aliphatic rings. The maximum Gasteiger partial charge on any atom is 0.137 e. The highest BCUT2D eigenvalue weighted by atomic mass is 16.3. The molecule has 4 nitrogen and oxygen atoms in total. The molecule has 1 saturated heterocycles. The summed E-state index contributed by atoms with van der Waals surface area (Å²) in [6.07, 6.45) is 0.770. The number of nitrogens with one attached hydrogen (secondary N) is 1. The van der Waals surface area contributed by atoms with Crippen LogP contribution in [0.4, 0.5) is 5.82 Å². The second-order valence-electron chi connectivity index (χ2n) is 3.73. The number of hydrogen-bond acceptors (Lipinski definition) is 4. The molecule has 15 heavy (non-hydrogen) atoms. The third kappa shape index (κ3) is 2.21. The van der Waals surface area contributed by atoms with Gasteiger partial charge < -0.3 is 15.3 Å². The number of anilines is 1. The Kier molecular flexibility index (Phi) is 3.06. The molecular weight excluding hydrogens is 190 g/mol. The van der Waals surface area contributed by atoms with Gasteiger partial charge >= 0.3 is 0 Å². The number of aromatic hydroxyl groups is 1. The zero-order valence-electron chi connectivity index (χ0n) is 9.03. The smallest absolute Gasteiger partial charge is 0.137 e. The van der Waals surface area contributed by atoms with Gasteiger partial charge in [0.2, 0.25) is 0 Å². The van der Waals surface area contributed by atoms with E-state index in [0.717, 1.165) is 44.1 Å². The summed E-state index contributed by atoms with van der Waals surface area (Å²) in [5, 5.41) is 12.8. The minimum absolute atomic E-state index is 0.302. The van der Waals surface area contributed by atoms with Crippen LogP contribution in [0.2, 0.25) is 0 Å². The summed E-state index contributed by atoms with van der Waals surface area (Å²) in [5.41, 5.74) is 0.783. The van der Waals surface area contributed by atoms with Crippen LogP contribution in [0.25, 0.3) is 0 Å². The summed E-state index contributed by atoms with van der Waals surface area (Å²) >= 11 is 0. The van der Waals surface area contributed by atoms with Gasteiger partial charge in [-0.2, -0.15) is 0 Å². The SMILES string of the molecule is CCc1nc(N2CCNCC2)ccc1O. The van der Waals surface area contributed by atoms with E-state index in [1.807, 2.05) is 13.0 Å². The number of rotatable bonds is 2. The molecule has 0 radical (unpaired) electrons. The fraction of sp³-hybridized carbons (Fsp3) is 0.545. The Labute approximate surface area is 89.9 Å². The number of pyridine rings is 1. The maximum atomic E-state index is 9.54. The molecule has 1 aliphatic heterocycles. The van der Waals surface area contributed by atoms with Gasteiger partial charge in [-0.25, -0.2) is 4.98 Å². The number of aromatic nitrogens is 1. The summed E-state index contributed by atoms with van der Waals surface area (Å²) < 4.78 is 0. The van der Waals surface area contributed by atoms with E-state index in [9.17, 15) is 5.11 Å². The van der Waals surface area contributed by atoms with Gasteiger partial charge in [-0.05, 0) is 18.6 Å². The minimum atomic E-state index is 0.302. The fourth-order valence-corrected chi connectivity index (χ4v) is 1.81. The largest absolute Gasteiger partial charge is 0.506 e. The van der Waals surface area contributed by atoms with Gasteiger partial charge in [-0.15, -0.1) is 0 Å². The van der Waals surface area contributed by atoms with Crippen molar-refractivity contribution in [2.24, 2.45) is 0 Å². The highest BCUT2D eigenvalue weighted by Gasteiger charge is 2.12. The molecule has 0 aromatic carbocycles. The van der Waals surface area contributed by atoms with Gasteiger partial charge in [-0.1, -0.05) is 6.92 Å². The zero-order chi connectivity index (χ0) is 10.7. The fourth-order valence-electron chi connectivity index (χ4n) is 1.81. The molecule has 0 bridgehead atoms. The first-order valence-electron chi connectivity index (χ1n) is 5.46. The van der Waals surface area contributed by atoms with Crippen LogP contribution in [0.5, 0.6) is 5.75 Å². The molecule has 0 atom stereocenters. The van der Waals surface area contributed by atoms with Crippen LogP contribution in [0.15, 0.2) is 12.1 Å². The van der Waals surface area contributed by atoms with Crippen molar-refractivity contribution in [3.8, 4) is 5.75 Å². The van der Waals surface area contributed by atoms with E-state index < -0.39 is 0 Å². The Hall–Kier alpha value is -1.29. The Morgan fingerprint density at radius 3 is 2.80 bits per heavy atom. The molecule has 1 fully saturated rings. The van der Waals surface area contributed by atoms with Crippen molar-refractivity contribution in [3.63, 3.8) is 0 Å². The van der Waals surface area contributed by atoms with Gasteiger partial charge in [-0.3, -0.25) is 0 Å². The van der Waals surface area contributed by atoms with Gasteiger partial charge in [0.25, 0.3) is 0 Å². The lowest BCUT2D eigenvalue weighted by molar-refractivity contribution is 0.464. The molecule has 0 spiro atoms. The van der Waals surface area contributed by atoms with E-state index in [4.69, 9.17) is 0 Å². The number of aryl methyl sites for hydroxylation is 1. The summed E-state index contributed by atoms with van der Waals surface area (Å²) in [5.74, 6) is 1.28. The van der Waals surface area contributed by atoms with Gasteiger partial charge in [0.15, 0.2) is 0 Å². The minimum Gasteiger partial charge on any atom is -0.506 e. The Balaban J connectivity index is 2.20. The lowest BCUT2D eigenvalue weighted by Gasteiger charge is -2.28. The van der Waals surface area contributed by atoms with Crippen LogP contribution in [0.1, 0.15) is 12.6 Å². The first kappa shape index (κ1) is 10.2. The molecule has 0 amide bonds. The van der Waals surface area contributed by atoms with Crippen molar-refractivity contribution in [2.45, 2.75) is 13.3 Å². The molecule has 2 rings (SSSR count). The number of piperazine rings is 1. The molecular formula is C11H17N3O. The van der Waals surface area contributed by atoms with Crippen molar-refractivity contribution >= 4 is 5.82 Å². The summed E-state index contributed by atoms with van der Waals surface area (Å²) in [7, 11) is 0. The van der Waals surface area contributed by atoms with Gasteiger partial charge in [0.05, 0.1) is 5.69 Å². The maximum absolute atomic E-state index is 9.54. The van der Waals surface area contributed by atoms with Crippen LogP contribution in [-0.2, 0) is 6.42 Å². The Morgan fingerprint density at radius 1 is 1.40 bits per heavy atom. The summed E-state index contributed by atoms with van der Waals surface area (Å²) in [4.78, 5) is 6.71. The Bertz CT molecular complexity index is 335. The van der Waals surface area contributed by atoms with Gasteiger partial charge in [0, 0.05) is 26.2 Å². The van der Waals surface area contributed by atoms with E-state index in [2.05, 4.69) is 15.2 Å². The first-order chi connectivity index (χ1) is 7.31.